The first-order valence-electron chi connectivity index (χ1n) is 7.76. The minimum atomic E-state index is -0.384. The molecule has 3 aromatic rings. The van der Waals surface area contributed by atoms with Crippen molar-refractivity contribution in [1.29, 1.82) is 5.26 Å². The number of carbonyl (C=O) groups is 1. The molecule has 0 fully saturated rings. The number of ketones is 1. The fourth-order valence-electron chi connectivity index (χ4n) is 2.85. The van der Waals surface area contributed by atoms with Gasteiger partial charge in [-0.25, -0.2) is 0 Å². The Balaban J connectivity index is 2.10. The molecule has 3 rings (SSSR count). The zero-order valence-corrected chi connectivity index (χ0v) is 14.9. The van der Waals surface area contributed by atoms with Crippen LogP contribution in [0.1, 0.15) is 21.6 Å². The maximum atomic E-state index is 13.0. The van der Waals surface area contributed by atoms with Crippen molar-refractivity contribution in [2.45, 2.75) is 6.92 Å². The van der Waals surface area contributed by atoms with Crippen LogP contribution < -0.4 is 4.74 Å². The van der Waals surface area contributed by atoms with Crippen molar-refractivity contribution in [2.24, 2.45) is 0 Å². The SMILES string of the molecule is COc1cc(/C=C(\C#N)C(=O)c2c(C)[nH]c3ccccc23)cc(Cl)c1O. The Hall–Kier alpha value is -3.23. The van der Waals surface area contributed by atoms with E-state index >= 15 is 0 Å². The summed E-state index contributed by atoms with van der Waals surface area (Å²) in [4.78, 5) is 16.1. The van der Waals surface area contributed by atoms with Crippen LogP contribution in [0.3, 0.4) is 0 Å². The zero-order valence-electron chi connectivity index (χ0n) is 14.1. The van der Waals surface area contributed by atoms with Crippen molar-refractivity contribution >= 4 is 34.4 Å². The number of nitrogens with zero attached hydrogens (tertiary/aromatic N) is 1. The van der Waals surface area contributed by atoms with E-state index in [1.807, 2.05) is 30.3 Å². The maximum absolute atomic E-state index is 13.0. The lowest BCUT2D eigenvalue weighted by Crippen LogP contribution is -2.03. The predicted molar refractivity (Wildman–Crippen MR) is 101 cm³/mol. The fourth-order valence-corrected chi connectivity index (χ4v) is 3.07. The van der Waals surface area contributed by atoms with Gasteiger partial charge in [-0.15, -0.1) is 0 Å². The number of allylic oxidation sites excluding steroid dienone is 1. The molecule has 2 aromatic carbocycles. The third-order valence-corrected chi connectivity index (χ3v) is 4.36. The van der Waals surface area contributed by atoms with Crippen molar-refractivity contribution in [2.75, 3.05) is 7.11 Å². The maximum Gasteiger partial charge on any atom is 0.205 e. The number of halogens is 1. The van der Waals surface area contributed by atoms with Gasteiger partial charge in [-0.05, 0) is 36.8 Å². The number of nitriles is 1. The minimum absolute atomic E-state index is 0.0401. The van der Waals surface area contributed by atoms with Gasteiger partial charge in [0.05, 0.1) is 17.7 Å². The van der Waals surface area contributed by atoms with Gasteiger partial charge in [0, 0.05) is 16.6 Å². The Morgan fingerprint density at radius 1 is 1.35 bits per heavy atom. The van der Waals surface area contributed by atoms with E-state index in [4.69, 9.17) is 16.3 Å². The number of aromatic amines is 1. The Kier molecular flexibility index (Phi) is 4.70. The number of carbonyl (C=O) groups excluding carboxylic acids is 1. The number of aromatic nitrogens is 1. The summed E-state index contributed by atoms with van der Waals surface area (Å²) in [5.41, 5.74) is 2.43. The highest BCUT2D eigenvalue weighted by Gasteiger charge is 2.20. The van der Waals surface area contributed by atoms with Crippen LogP contribution in [0.25, 0.3) is 17.0 Å². The molecular formula is C20H15ClN2O3. The Labute approximate surface area is 155 Å². The van der Waals surface area contributed by atoms with Crippen LogP contribution >= 0.6 is 11.6 Å². The second kappa shape index (κ2) is 6.95. The van der Waals surface area contributed by atoms with Gasteiger partial charge in [-0.1, -0.05) is 29.8 Å². The number of rotatable bonds is 4. The summed E-state index contributed by atoms with van der Waals surface area (Å²) in [6, 6.07) is 12.3. The number of aryl methyl sites for hydroxylation is 1. The number of aromatic hydroxyl groups is 1. The molecule has 0 aliphatic heterocycles. The van der Waals surface area contributed by atoms with E-state index in [2.05, 4.69) is 4.98 Å². The molecule has 0 saturated carbocycles. The van der Waals surface area contributed by atoms with Crippen molar-refractivity contribution in [1.82, 2.24) is 4.98 Å². The van der Waals surface area contributed by atoms with E-state index < -0.39 is 0 Å². The Morgan fingerprint density at radius 2 is 2.08 bits per heavy atom. The van der Waals surface area contributed by atoms with Gasteiger partial charge in [0.25, 0.3) is 0 Å². The van der Waals surface area contributed by atoms with Crippen LogP contribution in [0.2, 0.25) is 5.02 Å². The van der Waals surface area contributed by atoms with Gasteiger partial charge < -0.3 is 14.8 Å². The average molecular weight is 367 g/mol. The Bertz CT molecular complexity index is 1090. The first kappa shape index (κ1) is 17.6. The molecule has 0 radical (unpaired) electrons. The zero-order chi connectivity index (χ0) is 18.8. The summed E-state index contributed by atoms with van der Waals surface area (Å²) in [7, 11) is 1.39. The third kappa shape index (κ3) is 3.03. The lowest BCUT2D eigenvalue weighted by atomic mass is 9.99. The quantitative estimate of drug-likeness (QED) is 0.400. The lowest BCUT2D eigenvalue weighted by molar-refractivity contribution is 0.104. The Morgan fingerprint density at radius 3 is 2.77 bits per heavy atom. The number of phenolic OH excluding ortho intramolecular Hbond substituents is 1. The highest BCUT2D eigenvalue weighted by atomic mass is 35.5. The molecule has 0 aliphatic rings. The van der Waals surface area contributed by atoms with Crippen LogP contribution in [0, 0.1) is 18.3 Å². The molecule has 130 valence electrons. The summed E-state index contributed by atoms with van der Waals surface area (Å²) in [6.07, 6.45) is 1.43. The summed E-state index contributed by atoms with van der Waals surface area (Å²) >= 11 is 5.97. The van der Waals surface area contributed by atoms with Crippen molar-refractivity contribution in [3.63, 3.8) is 0 Å². The molecule has 0 saturated heterocycles. The van der Waals surface area contributed by atoms with Crippen LogP contribution in [0.15, 0.2) is 42.0 Å². The molecule has 0 bridgehead atoms. The smallest absolute Gasteiger partial charge is 0.205 e. The van der Waals surface area contributed by atoms with E-state index in [0.717, 1.165) is 10.9 Å². The van der Waals surface area contributed by atoms with Crippen molar-refractivity contribution in [3.8, 4) is 17.6 Å². The summed E-state index contributed by atoms with van der Waals surface area (Å²) < 4.78 is 5.05. The van der Waals surface area contributed by atoms with Crippen molar-refractivity contribution in [3.05, 3.63) is 63.8 Å². The molecule has 0 unspecified atom stereocenters. The average Bonchev–Trinajstić information content (AvgIpc) is 2.97. The molecule has 0 atom stereocenters. The van der Waals surface area contributed by atoms with E-state index in [0.29, 0.717) is 16.8 Å². The van der Waals surface area contributed by atoms with E-state index in [1.165, 1.54) is 25.3 Å². The number of nitrogens with one attached hydrogen (secondary N) is 1. The van der Waals surface area contributed by atoms with Gasteiger partial charge in [-0.3, -0.25) is 4.79 Å². The van der Waals surface area contributed by atoms with Gasteiger partial charge in [0.1, 0.15) is 11.6 Å². The molecular weight excluding hydrogens is 352 g/mol. The molecule has 0 spiro atoms. The summed E-state index contributed by atoms with van der Waals surface area (Å²) in [5, 5.41) is 20.2. The number of benzene rings is 2. The molecule has 2 N–H and O–H groups in total. The molecule has 6 heteroatoms. The largest absolute Gasteiger partial charge is 0.503 e. The summed E-state index contributed by atoms with van der Waals surface area (Å²) in [5.74, 6) is -0.411. The van der Waals surface area contributed by atoms with Crippen molar-refractivity contribution < 1.29 is 14.6 Å². The lowest BCUT2D eigenvalue weighted by Gasteiger charge is -2.07. The second-order valence-electron chi connectivity index (χ2n) is 5.72. The molecule has 0 amide bonds. The number of para-hydroxylation sites is 1. The second-order valence-corrected chi connectivity index (χ2v) is 6.13. The van der Waals surface area contributed by atoms with E-state index in [1.54, 1.807) is 6.92 Å². The standard InChI is InChI=1S/C20H15ClN2O3/c1-11-18(14-5-3-4-6-16(14)23-11)19(24)13(10-22)7-12-8-15(21)20(25)17(9-12)26-2/h3-9,23,25H,1-2H3/b13-7+. The molecule has 0 aliphatic carbocycles. The monoisotopic (exact) mass is 366 g/mol. The minimum Gasteiger partial charge on any atom is -0.503 e. The predicted octanol–water partition coefficient (Wildman–Crippen LogP) is 4.63. The number of Topliss-reactive ketones (excluding diaryl/α,β-unsaturated/α-hetero) is 1. The highest BCUT2D eigenvalue weighted by Crippen LogP contribution is 2.35. The number of H-pyrrole nitrogens is 1. The van der Waals surface area contributed by atoms with Gasteiger partial charge in [0.2, 0.25) is 5.78 Å². The molecule has 1 heterocycles. The number of hydrogen-bond donors (Lipinski definition) is 2. The topological polar surface area (TPSA) is 86.1 Å². The van der Waals surface area contributed by atoms with Gasteiger partial charge in [0.15, 0.2) is 11.5 Å². The normalized spacial score (nSPS) is 11.4. The van der Waals surface area contributed by atoms with E-state index in [9.17, 15) is 15.2 Å². The van der Waals surface area contributed by atoms with Gasteiger partial charge in [-0.2, -0.15) is 5.26 Å². The number of methoxy groups -OCH3 is 1. The van der Waals surface area contributed by atoms with Crippen LogP contribution in [0.5, 0.6) is 11.5 Å². The molecule has 26 heavy (non-hydrogen) atoms. The number of hydrogen-bond acceptors (Lipinski definition) is 4. The fraction of sp³-hybridized carbons (Fsp3) is 0.100. The first-order chi connectivity index (χ1) is 12.5. The van der Waals surface area contributed by atoms with Crippen LogP contribution in [-0.2, 0) is 0 Å². The van der Waals surface area contributed by atoms with Crippen LogP contribution in [-0.4, -0.2) is 23.0 Å². The number of ether oxygens (including phenoxy) is 1. The number of phenols is 1. The third-order valence-electron chi connectivity index (χ3n) is 4.07. The molecule has 1 aromatic heterocycles. The van der Waals surface area contributed by atoms with Gasteiger partial charge >= 0.3 is 0 Å². The van der Waals surface area contributed by atoms with Crippen LogP contribution in [0.4, 0.5) is 0 Å². The summed E-state index contributed by atoms with van der Waals surface area (Å²) in [6.45, 7) is 1.79. The van der Waals surface area contributed by atoms with E-state index in [-0.39, 0.29) is 27.9 Å². The number of fused-ring (bicyclic) bond motifs is 1. The molecule has 5 nitrogen and oxygen atoms in total. The highest BCUT2D eigenvalue weighted by molar-refractivity contribution is 6.32. The first-order valence-corrected chi connectivity index (χ1v) is 8.14.